The fourth-order valence-corrected chi connectivity index (χ4v) is 5.88. The third kappa shape index (κ3) is 4.21. The van der Waals surface area contributed by atoms with E-state index < -0.39 is 0 Å². The number of rotatable bonds is 5. The summed E-state index contributed by atoms with van der Waals surface area (Å²) >= 11 is 0. The Hall–Kier alpha value is -5.83. The summed E-state index contributed by atoms with van der Waals surface area (Å²) in [6.07, 6.45) is 6.61. The average molecular weight is 563 g/mol. The van der Waals surface area contributed by atoms with Crippen LogP contribution in [0.25, 0.3) is 39.0 Å². The second-order valence-electron chi connectivity index (χ2n) is 10.6. The monoisotopic (exact) mass is 562 g/mol. The topological polar surface area (TPSA) is 85.1 Å². The number of nitrogens with zero attached hydrogens (tertiary/aromatic N) is 8. The van der Waals surface area contributed by atoms with Gasteiger partial charge in [0.2, 0.25) is 5.88 Å². The van der Waals surface area contributed by atoms with E-state index >= 15 is 0 Å². The second kappa shape index (κ2) is 9.92. The second-order valence-corrected chi connectivity index (χ2v) is 10.6. The fourth-order valence-electron chi connectivity index (χ4n) is 5.88. The van der Waals surface area contributed by atoms with E-state index in [2.05, 4.69) is 102 Å². The number of ether oxygens (including phenoxy) is 1. The maximum Gasteiger partial charge on any atom is 0.221 e. The predicted molar refractivity (Wildman–Crippen MR) is 168 cm³/mol. The molecule has 0 aliphatic carbocycles. The Balaban J connectivity index is 1.19. The van der Waals surface area contributed by atoms with Gasteiger partial charge in [-0.25, -0.2) is 24.9 Å². The average Bonchev–Trinajstić information content (AvgIpc) is 3.56. The Bertz CT molecular complexity index is 2140. The van der Waals surface area contributed by atoms with E-state index in [4.69, 9.17) is 9.72 Å². The van der Waals surface area contributed by atoms with Crippen molar-refractivity contribution in [3.63, 3.8) is 0 Å². The normalized spacial score (nSPS) is 12.7. The van der Waals surface area contributed by atoms with Crippen molar-refractivity contribution in [1.82, 2.24) is 29.5 Å². The lowest BCUT2D eigenvalue weighted by atomic mass is 10.1. The van der Waals surface area contributed by atoms with Gasteiger partial charge in [0.15, 0.2) is 5.82 Å². The molecule has 0 amide bonds. The highest BCUT2D eigenvalue weighted by molar-refractivity contribution is 6.09. The molecule has 0 saturated heterocycles. The van der Waals surface area contributed by atoms with Gasteiger partial charge in [0.1, 0.15) is 24.2 Å². The highest BCUT2D eigenvalue weighted by Gasteiger charge is 2.24. The lowest BCUT2D eigenvalue weighted by Gasteiger charge is -2.20. The molecule has 0 bridgehead atoms. The SMILES string of the molecule is Cc1cc(-n2c3ccccc3c3ccc(Oc4cc(N5CN(C)c6ccccc65)ccn4)cc32)ncc1-c1ncncn1. The molecule has 0 fully saturated rings. The number of anilines is 3. The van der Waals surface area contributed by atoms with Crippen molar-refractivity contribution in [1.29, 1.82) is 0 Å². The summed E-state index contributed by atoms with van der Waals surface area (Å²) in [7, 11) is 2.10. The first-order valence-corrected chi connectivity index (χ1v) is 14.0. The maximum absolute atomic E-state index is 6.38. The number of benzene rings is 3. The molecular formula is C34H26N8O. The Morgan fingerprint density at radius 2 is 1.53 bits per heavy atom. The molecule has 3 aromatic carbocycles. The lowest BCUT2D eigenvalue weighted by Crippen LogP contribution is -2.23. The number of hydrogen-bond acceptors (Lipinski definition) is 8. The van der Waals surface area contributed by atoms with E-state index in [9.17, 15) is 0 Å². The molecule has 4 aromatic heterocycles. The molecule has 9 nitrogen and oxygen atoms in total. The first kappa shape index (κ1) is 24.9. The van der Waals surface area contributed by atoms with E-state index in [1.165, 1.54) is 18.3 Å². The quantitative estimate of drug-likeness (QED) is 0.220. The van der Waals surface area contributed by atoms with E-state index in [-0.39, 0.29) is 0 Å². The van der Waals surface area contributed by atoms with Crippen LogP contribution < -0.4 is 14.5 Å². The lowest BCUT2D eigenvalue weighted by molar-refractivity contribution is 0.463. The number of para-hydroxylation sites is 3. The summed E-state index contributed by atoms with van der Waals surface area (Å²) in [4.78, 5) is 26.4. The van der Waals surface area contributed by atoms with Gasteiger partial charge in [0, 0.05) is 53.6 Å². The number of hydrogen-bond donors (Lipinski definition) is 0. The standard InChI is InChI=1S/C34H26N8O/c1-22-15-32(37-18-27(22)34-38-19-35-20-39-34)42-28-8-4-3-7-25(28)26-12-11-24(17-31(26)42)43-33-16-23(13-14-36-33)41-21-40(2)29-9-5-6-10-30(29)41/h3-20H,21H2,1-2H3. The molecule has 0 atom stereocenters. The number of aromatic nitrogens is 6. The summed E-state index contributed by atoms with van der Waals surface area (Å²) in [5.41, 5.74) is 7.33. The Labute approximate surface area is 247 Å². The number of pyridine rings is 2. The molecule has 9 heteroatoms. The van der Waals surface area contributed by atoms with Gasteiger partial charge >= 0.3 is 0 Å². The highest BCUT2D eigenvalue weighted by Crippen LogP contribution is 2.41. The van der Waals surface area contributed by atoms with Crippen molar-refractivity contribution in [2.75, 3.05) is 23.5 Å². The maximum atomic E-state index is 6.38. The van der Waals surface area contributed by atoms with Crippen molar-refractivity contribution in [3.8, 4) is 28.8 Å². The van der Waals surface area contributed by atoms with Crippen LogP contribution in [0.4, 0.5) is 17.1 Å². The minimum absolute atomic E-state index is 0.530. The molecule has 208 valence electrons. The van der Waals surface area contributed by atoms with E-state index in [0.717, 1.165) is 56.8 Å². The van der Waals surface area contributed by atoms with Crippen LogP contribution in [0.3, 0.4) is 0 Å². The Morgan fingerprint density at radius 1 is 0.744 bits per heavy atom. The zero-order valence-corrected chi connectivity index (χ0v) is 23.6. The largest absolute Gasteiger partial charge is 0.439 e. The first-order valence-electron chi connectivity index (χ1n) is 14.0. The summed E-state index contributed by atoms with van der Waals surface area (Å²) in [6, 6.07) is 29.0. The van der Waals surface area contributed by atoms with Crippen molar-refractivity contribution in [2.45, 2.75) is 6.92 Å². The first-order chi connectivity index (χ1) is 21.1. The van der Waals surface area contributed by atoms with Gasteiger partial charge in [-0.3, -0.25) is 4.57 Å². The van der Waals surface area contributed by atoms with Crippen LogP contribution in [0.5, 0.6) is 11.6 Å². The van der Waals surface area contributed by atoms with Crippen LogP contribution in [-0.4, -0.2) is 43.2 Å². The zero-order chi connectivity index (χ0) is 28.9. The molecule has 0 unspecified atom stereocenters. The van der Waals surface area contributed by atoms with Crippen LogP contribution in [-0.2, 0) is 0 Å². The van der Waals surface area contributed by atoms with Crippen molar-refractivity contribution in [2.24, 2.45) is 0 Å². The molecule has 43 heavy (non-hydrogen) atoms. The van der Waals surface area contributed by atoms with Gasteiger partial charge in [0.05, 0.1) is 29.1 Å². The van der Waals surface area contributed by atoms with Gasteiger partial charge in [-0.2, -0.15) is 0 Å². The minimum Gasteiger partial charge on any atom is -0.439 e. The molecule has 8 rings (SSSR count). The minimum atomic E-state index is 0.530. The molecule has 1 aliphatic heterocycles. The van der Waals surface area contributed by atoms with E-state index in [0.29, 0.717) is 17.5 Å². The summed E-state index contributed by atoms with van der Waals surface area (Å²) in [5, 5.41) is 2.25. The van der Waals surface area contributed by atoms with Gasteiger partial charge < -0.3 is 14.5 Å². The smallest absolute Gasteiger partial charge is 0.221 e. The third-order valence-corrected chi connectivity index (χ3v) is 7.89. The number of fused-ring (bicyclic) bond motifs is 4. The zero-order valence-electron chi connectivity index (χ0n) is 23.6. The molecule has 1 aliphatic rings. The Kier molecular flexibility index (Phi) is 5.75. The molecule has 5 heterocycles. The predicted octanol–water partition coefficient (Wildman–Crippen LogP) is 7.07. The highest BCUT2D eigenvalue weighted by atomic mass is 16.5. The van der Waals surface area contributed by atoms with Gasteiger partial charge in [-0.1, -0.05) is 30.3 Å². The number of aryl methyl sites for hydroxylation is 1. The summed E-state index contributed by atoms with van der Waals surface area (Å²) in [5.74, 6) is 2.62. The Morgan fingerprint density at radius 3 is 2.40 bits per heavy atom. The van der Waals surface area contributed by atoms with Gasteiger partial charge in [-0.15, -0.1) is 0 Å². The molecule has 0 spiro atoms. The van der Waals surface area contributed by atoms with Crippen molar-refractivity contribution >= 4 is 38.9 Å². The van der Waals surface area contributed by atoms with Gasteiger partial charge in [-0.05, 0) is 55.0 Å². The van der Waals surface area contributed by atoms with Crippen LogP contribution in [0.1, 0.15) is 5.56 Å². The molecule has 0 saturated carbocycles. The summed E-state index contributed by atoms with van der Waals surface area (Å²) < 4.78 is 8.55. The third-order valence-electron chi connectivity index (χ3n) is 7.89. The van der Waals surface area contributed by atoms with Crippen molar-refractivity contribution < 1.29 is 4.74 Å². The molecule has 0 N–H and O–H groups in total. The van der Waals surface area contributed by atoms with Crippen LogP contribution in [0, 0.1) is 6.92 Å². The van der Waals surface area contributed by atoms with Crippen LogP contribution in [0.15, 0.2) is 110 Å². The molecule has 7 aromatic rings. The molecular weight excluding hydrogens is 536 g/mol. The van der Waals surface area contributed by atoms with E-state index in [1.54, 1.807) is 6.20 Å². The van der Waals surface area contributed by atoms with Gasteiger partial charge in [0.25, 0.3) is 0 Å². The summed E-state index contributed by atoms with van der Waals surface area (Å²) in [6.45, 7) is 2.80. The van der Waals surface area contributed by atoms with E-state index in [1.807, 2.05) is 37.4 Å². The van der Waals surface area contributed by atoms with Crippen LogP contribution in [0.2, 0.25) is 0 Å². The molecule has 0 radical (unpaired) electrons. The van der Waals surface area contributed by atoms with Crippen LogP contribution >= 0.6 is 0 Å². The fraction of sp³-hybridized carbons (Fsp3) is 0.0882. The van der Waals surface area contributed by atoms with Crippen molar-refractivity contribution in [3.05, 3.63) is 116 Å².